The van der Waals surface area contributed by atoms with Gasteiger partial charge < -0.3 is 9.47 Å². The molecule has 0 spiro atoms. The van der Waals surface area contributed by atoms with Gasteiger partial charge in [-0.1, -0.05) is 224 Å². The van der Waals surface area contributed by atoms with E-state index in [1.807, 2.05) is 0 Å². The van der Waals surface area contributed by atoms with Crippen LogP contribution in [0.2, 0.25) is 0 Å². The molecule has 0 fully saturated rings. The van der Waals surface area contributed by atoms with Crippen molar-refractivity contribution in [1.82, 2.24) is 4.57 Å². The van der Waals surface area contributed by atoms with E-state index >= 15 is 0 Å². The molecule has 0 bridgehead atoms. The van der Waals surface area contributed by atoms with Crippen molar-refractivity contribution in [3.8, 4) is 61.3 Å². The lowest BCUT2D eigenvalue weighted by Crippen LogP contribution is -2.10. The van der Waals surface area contributed by atoms with Crippen LogP contribution >= 0.6 is 0 Å². The molecule has 2 nitrogen and oxygen atoms in total. The van der Waals surface area contributed by atoms with Gasteiger partial charge in [0.25, 0.3) is 0 Å². The molecule has 0 aliphatic heterocycles. The average Bonchev–Trinajstić information content (AvgIpc) is 3.77. The van der Waals surface area contributed by atoms with Crippen LogP contribution in [0.4, 0.5) is 17.1 Å². The fourth-order valence-electron chi connectivity index (χ4n) is 10.8. The number of hydrogen-bond acceptors (Lipinski definition) is 1. The van der Waals surface area contributed by atoms with Gasteiger partial charge in [0.15, 0.2) is 0 Å². The zero-order valence-electron chi connectivity index (χ0n) is 38.5. The van der Waals surface area contributed by atoms with Gasteiger partial charge in [-0.15, -0.1) is 0 Å². The Morgan fingerprint density at radius 1 is 0.229 bits per heavy atom. The summed E-state index contributed by atoms with van der Waals surface area (Å²) in [5.74, 6) is 0. The van der Waals surface area contributed by atoms with Crippen molar-refractivity contribution in [2.45, 2.75) is 0 Å². The van der Waals surface area contributed by atoms with Crippen molar-refractivity contribution in [3.05, 3.63) is 279 Å². The Labute approximate surface area is 408 Å². The highest BCUT2D eigenvalue weighted by Gasteiger charge is 2.21. The SMILES string of the molecule is c1ccc(-c2cc(N(c3ccc(-c4cccc5ccccc45)cc3)c3cccc(-c4ccc(-c5ccccc5)c5ccccc45)c3)ccc2-c2ccccc2-n2c3ccccc3c3ccccc32)cc1. The first-order chi connectivity index (χ1) is 34.7. The van der Waals surface area contributed by atoms with Crippen molar-refractivity contribution in [2.24, 2.45) is 0 Å². The molecule has 0 N–H and O–H groups in total. The molecular weight excluding hydrogens is 845 g/mol. The number of rotatable bonds is 9. The van der Waals surface area contributed by atoms with E-state index in [4.69, 9.17) is 0 Å². The van der Waals surface area contributed by atoms with Gasteiger partial charge in [-0.05, 0) is 126 Å². The normalized spacial score (nSPS) is 11.4. The number of nitrogens with zero attached hydrogens (tertiary/aromatic N) is 2. The molecule has 1 heterocycles. The molecule has 328 valence electrons. The van der Waals surface area contributed by atoms with Gasteiger partial charge in [-0.25, -0.2) is 0 Å². The van der Waals surface area contributed by atoms with Gasteiger partial charge in [-0.2, -0.15) is 0 Å². The van der Waals surface area contributed by atoms with E-state index in [0.717, 1.165) is 45.0 Å². The second-order valence-electron chi connectivity index (χ2n) is 18.0. The molecular formula is C68H46N2. The first kappa shape index (κ1) is 41.0. The maximum atomic E-state index is 2.44. The third-order valence-electron chi connectivity index (χ3n) is 14.0. The van der Waals surface area contributed by atoms with Crippen LogP contribution in [0.25, 0.3) is 105 Å². The van der Waals surface area contributed by atoms with Gasteiger partial charge in [-0.3, -0.25) is 0 Å². The monoisotopic (exact) mass is 890 g/mol. The van der Waals surface area contributed by atoms with Crippen LogP contribution in [0.15, 0.2) is 279 Å². The highest BCUT2D eigenvalue weighted by atomic mass is 15.1. The van der Waals surface area contributed by atoms with Crippen LogP contribution in [0.3, 0.4) is 0 Å². The summed E-state index contributed by atoms with van der Waals surface area (Å²) in [6, 6.07) is 102. The zero-order valence-corrected chi connectivity index (χ0v) is 38.5. The summed E-state index contributed by atoms with van der Waals surface area (Å²) in [5.41, 5.74) is 18.6. The smallest absolute Gasteiger partial charge is 0.0541 e. The Morgan fingerprint density at radius 3 is 1.37 bits per heavy atom. The highest BCUT2D eigenvalue weighted by Crippen LogP contribution is 2.45. The van der Waals surface area contributed by atoms with E-state index in [9.17, 15) is 0 Å². The predicted molar refractivity (Wildman–Crippen MR) is 298 cm³/mol. The molecule has 0 amide bonds. The first-order valence-electron chi connectivity index (χ1n) is 24.1. The van der Waals surface area contributed by atoms with Gasteiger partial charge in [0.2, 0.25) is 0 Å². The van der Waals surface area contributed by atoms with Crippen LogP contribution in [-0.4, -0.2) is 4.57 Å². The maximum Gasteiger partial charge on any atom is 0.0541 e. The second-order valence-corrected chi connectivity index (χ2v) is 18.0. The fourth-order valence-corrected chi connectivity index (χ4v) is 10.8. The summed E-state index contributed by atoms with van der Waals surface area (Å²) in [7, 11) is 0. The van der Waals surface area contributed by atoms with Crippen LogP contribution in [0.5, 0.6) is 0 Å². The van der Waals surface area contributed by atoms with E-state index < -0.39 is 0 Å². The Morgan fingerprint density at radius 2 is 0.671 bits per heavy atom. The van der Waals surface area contributed by atoms with E-state index in [-0.39, 0.29) is 0 Å². The standard InChI is InChI=1S/C68H46N2/c1-3-19-47(20-4-1)57-43-44-58(60-29-10-9-28-59(57)60)51-25-17-26-53(45-51)69(52-39-37-50(38-40-52)56-33-18-24-48-23-7-8-27-55(48)56)54-41-42-61(65(46-54)49-21-5-2-6-22-49)62-30-11-14-34-66(62)70-67-35-15-12-31-63(67)64-32-13-16-36-68(64)70/h1-46H. The van der Waals surface area contributed by atoms with E-state index in [2.05, 4.69) is 289 Å². The maximum absolute atomic E-state index is 2.44. The number of benzene rings is 12. The summed E-state index contributed by atoms with van der Waals surface area (Å²) in [4.78, 5) is 2.42. The molecule has 2 heteroatoms. The van der Waals surface area contributed by atoms with Crippen LogP contribution in [0, 0.1) is 0 Å². The average molecular weight is 891 g/mol. The second kappa shape index (κ2) is 17.4. The number of hydrogen-bond donors (Lipinski definition) is 0. The van der Waals surface area contributed by atoms with Crippen molar-refractivity contribution in [2.75, 3.05) is 4.90 Å². The summed E-state index contributed by atoms with van der Waals surface area (Å²) < 4.78 is 2.44. The van der Waals surface area contributed by atoms with Crippen LogP contribution < -0.4 is 4.90 Å². The highest BCUT2D eigenvalue weighted by molar-refractivity contribution is 6.10. The van der Waals surface area contributed by atoms with Crippen LogP contribution in [0.1, 0.15) is 0 Å². The minimum Gasteiger partial charge on any atom is -0.310 e. The molecule has 0 aliphatic rings. The minimum atomic E-state index is 1.07. The Hall–Kier alpha value is -9.24. The lowest BCUT2D eigenvalue weighted by atomic mass is 9.91. The number of aromatic nitrogens is 1. The summed E-state index contributed by atoms with van der Waals surface area (Å²) >= 11 is 0. The number of para-hydroxylation sites is 3. The van der Waals surface area contributed by atoms with Crippen molar-refractivity contribution < 1.29 is 0 Å². The molecule has 13 aromatic rings. The molecule has 0 atom stereocenters. The number of fused-ring (bicyclic) bond motifs is 5. The molecule has 0 unspecified atom stereocenters. The predicted octanol–water partition coefficient (Wildman–Crippen LogP) is 18.9. The lowest BCUT2D eigenvalue weighted by Gasteiger charge is -2.28. The van der Waals surface area contributed by atoms with E-state index in [1.54, 1.807) is 0 Å². The Bertz CT molecular complexity index is 3990. The largest absolute Gasteiger partial charge is 0.310 e. The summed E-state index contributed by atoms with van der Waals surface area (Å²) in [5, 5.41) is 7.44. The molecule has 0 radical (unpaired) electrons. The third-order valence-corrected chi connectivity index (χ3v) is 14.0. The van der Waals surface area contributed by atoms with Gasteiger partial charge in [0, 0.05) is 33.4 Å². The van der Waals surface area contributed by atoms with Gasteiger partial charge in [0.05, 0.1) is 16.7 Å². The Balaban J connectivity index is 1.00. The summed E-state index contributed by atoms with van der Waals surface area (Å²) in [6.45, 7) is 0. The molecule has 0 aliphatic carbocycles. The molecule has 1 aromatic heterocycles. The molecule has 13 rings (SSSR count). The topological polar surface area (TPSA) is 8.17 Å². The van der Waals surface area contributed by atoms with E-state index in [1.165, 1.54) is 76.7 Å². The van der Waals surface area contributed by atoms with Gasteiger partial charge in [0.1, 0.15) is 0 Å². The van der Waals surface area contributed by atoms with E-state index in [0.29, 0.717) is 0 Å². The lowest BCUT2D eigenvalue weighted by molar-refractivity contribution is 1.18. The Kier molecular flexibility index (Phi) is 10.2. The van der Waals surface area contributed by atoms with Gasteiger partial charge >= 0.3 is 0 Å². The van der Waals surface area contributed by atoms with Crippen molar-refractivity contribution in [3.63, 3.8) is 0 Å². The van der Waals surface area contributed by atoms with Crippen molar-refractivity contribution in [1.29, 1.82) is 0 Å². The van der Waals surface area contributed by atoms with Crippen LogP contribution in [-0.2, 0) is 0 Å². The van der Waals surface area contributed by atoms with Crippen molar-refractivity contribution >= 4 is 60.4 Å². The molecule has 12 aromatic carbocycles. The third kappa shape index (κ3) is 7.13. The first-order valence-corrected chi connectivity index (χ1v) is 24.1. The summed E-state index contributed by atoms with van der Waals surface area (Å²) in [6.07, 6.45) is 0. The zero-order chi connectivity index (χ0) is 46.4. The molecule has 0 saturated carbocycles. The minimum absolute atomic E-state index is 1.07. The fraction of sp³-hybridized carbons (Fsp3) is 0. The quantitative estimate of drug-likeness (QED) is 0.140. The molecule has 0 saturated heterocycles. The molecule has 70 heavy (non-hydrogen) atoms. The number of anilines is 3.